The van der Waals surface area contributed by atoms with Gasteiger partial charge in [0.2, 0.25) is 0 Å². The maximum Gasteiger partial charge on any atom is 0.416 e. The predicted octanol–water partition coefficient (Wildman–Crippen LogP) is 5.90. The summed E-state index contributed by atoms with van der Waals surface area (Å²) in [6.07, 6.45) is -4.48. The first kappa shape index (κ1) is 18.4. The third kappa shape index (κ3) is 3.76. The van der Waals surface area contributed by atoms with Crippen molar-refractivity contribution in [1.82, 2.24) is 4.90 Å². The van der Waals surface area contributed by atoms with Gasteiger partial charge in [-0.15, -0.1) is 11.8 Å². The summed E-state index contributed by atoms with van der Waals surface area (Å²) in [7, 11) is 0. The normalized spacial score (nSPS) is 17.8. The van der Waals surface area contributed by atoms with Gasteiger partial charge in [-0.1, -0.05) is 41.4 Å². The standard InChI is InChI=1S/C17H12Cl2F3NOS/c18-10-5-6-12(14(19)9-10)15(24)23-7-8-25-16(23)11-3-1-2-4-13(11)17(20,21)22/h1-6,9,16H,7-8H2/t16-/m1/s1. The summed E-state index contributed by atoms with van der Waals surface area (Å²) in [6, 6.07) is 9.79. The van der Waals surface area contributed by atoms with Crippen molar-refractivity contribution < 1.29 is 18.0 Å². The van der Waals surface area contributed by atoms with Crippen molar-refractivity contribution in [2.24, 2.45) is 0 Å². The van der Waals surface area contributed by atoms with Crippen LogP contribution in [0.5, 0.6) is 0 Å². The first-order valence-corrected chi connectivity index (χ1v) is 9.13. The van der Waals surface area contributed by atoms with Gasteiger partial charge in [-0.2, -0.15) is 13.2 Å². The van der Waals surface area contributed by atoms with E-state index in [9.17, 15) is 18.0 Å². The van der Waals surface area contributed by atoms with E-state index in [1.54, 1.807) is 6.07 Å². The van der Waals surface area contributed by atoms with Gasteiger partial charge < -0.3 is 4.90 Å². The number of amides is 1. The SMILES string of the molecule is O=C(c1ccc(Cl)cc1Cl)N1CCS[C@@H]1c1ccccc1C(F)(F)F. The second-order valence-electron chi connectivity index (χ2n) is 5.43. The lowest BCUT2D eigenvalue weighted by Crippen LogP contribution is -2.31. The minimum Gasteiger partial charge on any atom is -0.322 e. The molecular weight excluding hydrogens is 394 g/mol. The molecule has 25 heavy (non-hydrogen) atoms. The zero-order chi connectivity index (χ0) is 18.2. The van der Waals surface area contributed by atoms with Gasteiger partial charge in [-0.05, 0) is 29.8 Å². The number of alkyl halides is 3. The average molecular weight is 406 g/mol. The Balaban J connectivity index is 1.98. The molecule has 0 bridgehead atoms. The van der Waals surface area contributed by atoms with E-state index in [4.69, 9.17) is 23.2 Å². The second kappa shape index (κ2) is 7.09. The highest BCUT2D eigenvalue weighted by Gasteiger charge is 2.39. The third-order valence-corrected chi connectivity index (χ3v) is 5.64. The molecule has 1 atom stereocenters. The van der Waals surface area contributed by atoms with E-state index in [1.165, 1.54) is 47.0 Å². The highest BCUT2D eigenvalue weighted by molar-refractivity contribution is 7.99. The van der Waals surface area contributed by atoms with Crippen LogP contribution in [0.4, 0.5) is 13.2 Å². The van der Waals surface area contributed by atoms with E-state index in [1.807, 2.05) is 0 Å². The lowest BCUT2D eigenvalue weighted by atomic mass is 10.1. The number of rotatable bonds is 2. The van der Waals surface area contributed by atoms with E-state index in [-0.39, 0.29) is 16.1 Å². The van der Waals surface area contributed by atoms with Gasteiger partial charge in [-0.25, -0.2) is 0 Å². The molecule has 0 aliphatic carbocycles. The van der Waals surface area contributed by atoms with Gasteiger partial charge in [0.25, 0.3) is 5.91 Å². The van der Waals surface area contributed by atoms with Crippen molar-refractivity contribution in [2.45, 2.75) is 11.6 Å². The van der Waals surface area contributed by atoms with Crippen LogP contribution in [0, 0.1) is 0 Å². The fraction of sp³-hybridized carbons (Fsp3) is 0.235. The average Bonchev–Trinajstić information content (AvgIpc) is 3.03. The fourth-order valence-electron chi connectivity index (χ4n) is 2.72. The summed E-state index contributed by atoms with van der Waals surface area (Å²) < 4.78 is 39.9. The molecule has 0 aromatic heterocycles. The first-order valence-electron chi connectivity index (χ1n) is 7.33. The zero-order valence-electron chi connectivity index (χ0n) is 12.7. The molecule has 8 heteroatoms. The lowest BCUT2D eigenvalue weighted by Gasteiger charge is -2.26. The number of benzene rings is 2. The number of hydrogen-bond donors (Lipinski definition) is 0. The molecule has 0 N–H and O–H groups in total. The Morgan fingerprint density at radius 2 is 1.88 bits per heavy atom. The Morgan fingerprint density at radius 3 is 2.56 bits per heavy atom. The molecule has 0 saturated carbocycles. The molecule has 1 fully saturated rings. The number of thioether (sulfide) groups is 1. The monoisotopic (exact) mass is 405 g/mol. The Labute approximate surface area is 156 Å². The molecule has 0 radical (unpaired) electrons. The van der Waals surface area contributed by atoms with Gasteiger partial charge in [-0.3, -0.25) is 4.79 Å². The molecule has 1 amide bonds. The maximum atomic E-state index is 13.3. The molecule has 132 valence electrons. The summed E-state index contributed by atoms with van der Waals surface area (Å²) >= 11 is 13.2. The quantitative estimate of drug-likeness (QED) is 0.619. The van der Waals surface area contributed by atoms with E-state index >= 15 is 0 Å². The summed E-state index contributed by atoms with van der Waals surface area (Å²) in [5.41, 5.74) is -0.423. The van der Waals surface area contributed by atoms with E-state index in [2.05, 4.69) is 0 Å². The van der Waals surface area contributed by atoms with Crippen molar-refractivity contribution >= 4 is 40.9 Å². The molecular formula is C17H12Cl2F3NOS. The minimum atomic E-state index is -4.48. The van der Waals surface area contributed by atoms with Crippen LogP contribution in [-0.2, 0) is 6.18 Å². The van der Waals surface area contributed by atoms with E-state index in [0.29, 0.717) is 17.3 Å². The van der Waals surface area contributed by atoms with Crippen LogP contribution < -0.4 is 0 Å². The minimum absolute atomic E-state index is 0.0796. The summed E-state index contributed by atoms with van der Waals surface area (Å²) in [5, 5.41) is -0.148. The van der Waals surface area contributed by atoms with Gasteiger partial charge in [0.15, 0.2) is 0 Å². The van der Waals surface area contributed by atoms with Gasteiger partial charge in [0, 0.05) is 17.3 Å². The largest absolute Gasteiger partial charge is 0.416 e. The third-order valence-electron chi connectivity index (χ3n) is 3.85. The number of nitrogens with zero attached hydrogens (tertiary/aromatic N) is 1. The van der Waals surface area contributed by atoms with Crippen molar-refractivity contribution in [1.29, 1.82) is 0 Å². The van der Waals surface area contributed by atoms with Crippen LogP contribution >= 0.6 is 35.0 Å². The van der Waals surface area contributed by atoms with Crippen molar-refractivity contribution in [2.75, 3.05) is 12.3 Å². The molecule has 0 unspecified atom stereocenters. The van der Waals surface area contributed by atoms with Crippen LogP contribution in [0.1, 0.15) is 26.9 Å². The van der Waals surface area contributed by atoms with Crippen molar-refractivity contribution in [3.05, 3.63) is 69.2 Å². The summed E-state index contributed by atoms with van der Waals surface area (Å²) in [5.74, 6) is 0.141. The Hall–Kier alpha value is -1.37. The lowest BCUT2D eigenvalue weighted by molar-refractivity contribution is -0.138. The van der Waals surface area contributed by atoms with Crippen LogP contribution in [0.25, 0.3) is 0 Å². The van der Waals surface area contributed by atoms with Crippen molar-refractivity contribution in [3.63, 3.8) is 0 Å². The van der Waals surface area contributed by atoms with Gasteiger partial charge >= 0.3 is 6.18 Å². The van der Waals surface area contributed by atoms with Gasteiger partial charge in [0.05, 0.1) is 16.1 Å². The maximum absolute atomic E-state index is 13.3. The first-order chi connectivity index (χ1) is 11.8. The molecule has 3 rings (SSSR count). The van der Waals surface area contributed by atoms with Crippen LogP contribution in [0.3, 0.4) is 0 Å². The summed E-state index contributed by atoms with van der Waals surface area (Å²) in [4.78, 5) is 14.2. The highest BCUT2D eigenvalue weighted by Crippen LogP contribution is 2.44. The predicted molar refractivity (Wildman–Crippen MR) is 94.1 cm³/mol. The van der Waals surface area contributed by atoms with E-state index < -0.39 is 23.0 Å². The Bertz CT molecular complexity index is 813. The summed E-state index contributed by atoms with van der Waals surface area (Å²) in [6.45, 7) is 0.347. The van der Waals surface area contributed by atoms with Gasteiger partial charge in [0.1, 0.15) is 5.37 Å². The molecule has 1 aliphatic heterocycles. The molecule has 2 aromatic carbocycles. The van der Waals surface area contributed by atoms with E-state index in [0.717, 1.165) is 6.07 Å². The second-order valence-corrected chi connectivity index (χ2v) is 7.46. The topological polar surface area (TPSA) is 20.3 Å². The highest BCUT2D eigenvalue weighted by atomic mass is 35.5. The molecule has 1 saturated heterocycles. The zero-order valence-corrected chi connectivity index (χ0v) is 15.0. The van der Waals surface area contributed by atoms with Crippen molar-refractivity contribution in [3.8, 4) is 0 Å². The smallest absolute Gasteiger partial charge is 0.322 e. The van der Waals surface area contributed by atoms with Crippen LogP contribution in [-0.4, -0.2) is 23.1 Å². The van der Waals surface area contributed by atoms with Crippen LogP contribution in [0.15, 0.2) is 42.5 Å². The Kier molecular flexibility index (Phi) is 5.23. The number of carbonyl (C=O) groups excluding carboxylic acids is 1. The molecule has 1 aliphatic rings. The van der Waals surface area contributed by atoms with Crippen LogP contribution in [0.2, 0.25) is 10.0 Å². The molecule has 2 nitrogen and oxygen atoms in total. The fourth-order valence-corrected chi connectivity index (χ4v) is 4.50. The number of halogens is 5. The molecule has 0 spiro atoms. The number of carbonyl (C=O) groups is 1. The molecule has 1 heterocycles. The number of hydrogen-bond acceptors (Lipinski definition) is 2. The molecule has 2 aromatic rings. The Morgan fingerprint density at radius 1 is 1.16 bits per heavy atom.